The monoisotopic (exact) mass is 455 g/mol. The lowest BCUT2D eigenvalue weighted by molar-refractivity contribution is -0.128. The van der Waals surface area contributed by atoms with Gasteiger partial charge in [-0.3, -0.25) is 9.59 Å². The predicted molar refractivity (Wildman–Crippen MR) is 123 cm³/mol. The Bertz CT molecular complexity index is 1100. The standard InChI is InChI=1S/C24H29N3O4S/c1-18-10-12-21(13-11-18)32(30,31)26-14-4-8-20(17-26)24(29)25-16-23(28)27-15-5-7-19-6-2-3-9-22(19)27/h2-3,6,9-13,20H,4-5,7-8,14-17H2,1H3,(H,25,29)/t20-/m1/s1. The highest BCUT2D eigenvalue weighted by Gasteiger charge is 2.33. The van der Waals surface area contributed by atoms with E-state index < -0.39 is 15.9 Å². The molecule has 7 nitrogen and oxygen atoms in total. The maximum Gasteiger partial charge on any atom is 0.246 e. The Labute approximate surface area is 189 Å². The average Bonchev–Trinajstić information content (AvgIpc) is 2.82. The van der Waals surface area contributed by atoms with E-state index >= 15 is 0 Å². The van der Waals surface area contributed by atoms with Crippen molar-refractivity contribution >= 4 is 27.5 Å². The molecule has 1 atom stereocenters. The third-order valence-corrected chi connectivity index (χ3v) is 8.12. The van der Waals surface area contributed by atoms with Gasteiger partial charge >= 0.3 is 0 Å². The van der Waals surface area contributed by atoms with Crippen LogP contribution in [-0.4, -0.2) is 50.7 Å². The molecule has 32 heavy (non-hydrogen) atoms. The molecule has 0 radical (unpaired) electrons. The summed E-state index contributed by atoms with van der Waals surface area (Å²) in [6.45, 7) is 2.97. The van der Waals surface area contributed by atoms with Gasteiger partial charge in [-0.15, -0.1) is 0 Å². The van der Waals surface area contributed by atoms with Crippen molar-refractivity contribution in [2.45, 2.75) is 37.5 Å². The van der Waals surface area contributed by atoms with Crippen LogP contribution >= 0.6 is 0 Å². The Morgan fingerprint density at radius 1 is 1.03 bits per heavy atom. The molecule has 0 bridgehead atoms. The predicted octanol–water partition coefficient (Wildman–Crippen LogP) is 2.49. The molecule has 2 aliphatic rings. The maximum atomic E-state index is 13.0. The van der Waals surface area contributed by atoms with Gasteiger partial charge in [0.1, 0.15) is 0 Å². The van der Waals surface area contributed by atoms with E-state index in [1.54, 1.807) is 29.2 Å². The Balaban J connectivity index is 1.37. The topological polar surface area (TPSA) is 86.8 Å². The van der Waals surface area contributed by atoms with Gasteiger partial charge in [-0.2, -0.15) is 4.31 Å². The summed E-state index contributed by atoms with van der Waals surface area (Å²) in [7, 11) is -3.65. The lowest BCUT2D eigenvalue weighted by Crippen LogP contribution is -2.48. The Kier molecular flexibility index (Phi) is 6.62. The van der Waals surface area contributed by atoms with Gasteiger partial charge in [-0.1, -0.05) is 35.9 Å². The van der Waals surface area contributed by atoms with Gasteiger partial charge in [0.25, 0.3) is 0 Å². The van der Waals surface area contributed by atoms with Crippen molar-refractivity contribution < 1.29 is 18.0 Å². The fourth-order valence-electron chi connectivity index (χ4n) is 4.43. The summed E-state index contributed by atoms with van der Waals surface area (Å²) in [4.78, 5) is 27.5. The zero-order valence-electron chi connectivity index (χ0n) is 18.3. The molecule has 2 aromatic carbocycles. The molecule has 1 fully saturated rings. The van der Waals surface area contributed by atoms with Gasteiger partial charge in [0, 0.05) is 25.3 Å². The molecule has 1 saturated heterocycles. The fourth-order valence-corrected chi connectivity index (χ4v) is 5.95. The van der Waals surface area contributed by atoms with Crippen LogP contribution in [0.3, 0.4) is 0 Å². The number of nitrogens with zero attached hydrogens (tertiary/aromatic N) is 2. The first kappa shape index (κ1) is 22.5. The highest BCUT2D eigenvalue weighted by molar-refractivity contribution is 7.89. The first-order chi connectivity index (χ1) is 15.4. The van der Waals surface area contributed by atoms with E-state index in [1.807, 2.05) is 31.2 Å². The first-order valence-corrected chi connectivity index (χ1v) is 12.5. The Morgan fingerprint density at radius 3 is 2.56 bits per heavy atom. The SMILES string of the molecule is Cc1ccc(S(=O)(=O)N2CCC[C@@H](C(=O)NCC(=O)N3CCCc4ccccc43)C2)cc1. The van der Waals surface area contributed by atoms with Crippen molar-refractivity contribution in [1.82, 2.24) is 9.62 Å². The van der Waals surface area contributed by atoms with Crippen LogP contribution in [0.15, 0.2) is 53.4 Å². The molecule has 0 saturated carbocycles. The lowest BCUT2D eigenvalue weighted by Gasteiger charge is -2.32. The van der Waals surface area contributed by atoms with Crippen LogP contribution in [0.1, 0.15) is 30.4 Å². The minimum atomic E-state index is -3.65. The van der Waals surface area contributed by atoms with Crippen molar-refractivity contribution in [3.05, 3.63) is 59.7 Å². The smallest absolute Gasteiger partial charge is 0.246 e. The van der Waals surface area contributed by atoms with Crippen LogP contribution in [0.2, 0.25) is 0 Å². The summed E-state index contributed by atoms with van der Waals surface area (Å²) in [5.74, 6) is -0.886. The molecule has 0 aromatic heterocycles. The summed E-state index contributed by atoms with van der Waals surface area (Å²) < 4.78 is 27.4. The number of carbonyl (C=O) groups excluding carboxylic acids is 2. The number of fused-ring (bicyclic) bond motifs is 1. The maximum absolute atomic E-state index is 13.0. The van der Waals surface area contributed by atoms with E-state index in [0.29, 0.717) is 25.9 Å². The second-order valence-electron chi connectivity index (χ2n) is 8.51. The Morgan fingerprint density at radius 2 is 1.78 bits per heavy atom. The molecule has 0 unspecified atom stereocenters. The molecule has 2 heterocycles. The van der Waals surface area contributed by atoms with Crippen molar-refractivity contribution in [3.8, 4) is 0 Å². The number of hydrogen-bond donors (Lipinski definition) is 1. The van der Waals surface area contributed by atoms with Crippen LogP contribution in [0.25, 0.3) is 0 Å². The lowest BCUT2D eigenvalue weighted by atomic mass is 9.99. The molecular weight excluding hydrogens is 426 g/mol. The highest BCUT2D eigenvalue weighted by Crippen LogP contribution is 2.27. The van der Waals surface area contributed by atoms with E-state index in [-0.39, 0.29) is 29.8 Å². The molecule has 8 heteroatoms. The van der Waals surface area contributed by atoms with E-state index in [0.717, 1.165) is 29.7 Å². The number of benzene rings is 2. The van der Waals surface area contributed by atoms with Crippen LogP contribution in [0.4, 0.5) is 5.69 Å². The van der Waals surface area contributed by atoms with Gasteiger partial charge < -0.3 is 10.2 Å². The van der Waals surface area contributed by atoms with Crippen LogP contribution in [0, 0.1) is 12.8 Å². The zero-order valence-corrected chi connectivity index (χ0v) is 19.1. The normalized spacial score (nSPS) is 19.3. The number of piperidine rings is 1. The quantitative estimate of drug-likeness (QED) is 0.751. The molecular formula is C24H29N3O4S. The second kappa shape index (κ2) is 9.42. The van der Waals surface area contributed by atoms with Crippen LogP contribution < -0.4 is 10.2 Å². The van der Waals surface area contributed by atoms with Gasteiger partial charge in [0.05, 0.1) is 17.4 Å². The Hall–Kier alpha value is -2.71. The highest BCUT2D eigenvalue weighted by atomic mass is 32.2. The number of aryl methyl sites for hydroxylation is 2. The molecule has 4 rings (SSSR count). The molecule has 0 aliphatic carbocycles. The van der Waals surface area contributed by atoms with Crippen molar-refractivity contribution in [1.29, 1.82) is 0 Å². The minimum Gasteiger partial charge on any atom is -0.347 e. The van der Waals surface area contributed by atoms with Gasteiger partial charge in [-0.05, 0) is 56.4 Å². The third kappa shape index (κ3) is 4.71. The number of amides is 2. The number of hydrogen-bond acceptors (Lipinski definition) is 4. The molecule has 2 amide bonds. The molecule has 0 spiro atoms. The van der Waals surface area contributed by atoms with Crippen molar-refractivity contribution in [3.63, 3.8) is 0 Å². The molecule has 170 valence electrons. The summed E-state index contributed by atoms with van der Waals surface area (Å²) in [5.41, 5.74) is 3.04. The van der Waals surface area contributed by atoms with E-state index in [2.05, 4.69) is 5.32 Å². The van der Waals surface area contributed by atoms with Crippen LogP contribution in [-0.2, 0) is 26.0 Å². The largest absolute Gasteiger partial charge is 0.347 e. The summed E-state index contributed by atoms with van der Waals surface area (Å²) in [6.07, 6.45) is 3.05. The molecule has 1 N–H and O–H groups in total. The summed E-state index contributed by atoms with van der Waals surface area (Å²) in [6, 6.07) is 14.6. The fraction of sp³-hybridized carbons (Fsp3) is 0.417. The van der Waals surface area contributed by atoms with E-state index in [9.17, 15) is 18.0 Å². The van der Waals surface area contributed by atoms with Crippen LogP contribution in [0.5, 0.6) is 0 Å². The van der Waals surface area contributed by atoms with Crippen molar-refractivity contribution in [2.75, 3.05) is 31.1 Å². The van der Waals surface area contributed by atoms with E-state index in [4.69, 9.17) is 0 Å². The van der Waals surface area contributed by atoms with Crippen molar-refractivity contribution in [2.24, 2.45) is 5.92 Å². The number of carbonyl (C=O) groups is 2. The number of anilines is 1. The average molecular weight is 456 g/mol. The number of para-hydroxylation sites is 1. The molecule has 2 aliphatic heterocycles. The van der Waals surface area contributed by atoms with E-state index in [1.165, 1.54) is 4.31 Å². The summed E-state index contributed by atoms with van der Waals surface area (Å²) >= 11 is 0. The van der Waals surface area contributed by atoms with Gasteiger partial charge in [0.15, 0.2) is 0 Å². The second-order valence-corrected chi connectivity index (χ2v) is 10.4. The number of sulfonamides is 1. The minimum absolute atomic E-state index is 0.0889. The number of rotatable bonds is 5. The van der Waals surface area contributed by atoms with Gasteiger partial charge in [-0.25, -0.2) is 8.42 Å². The van der Waals surface area contributed by atoms with Gasteiger partial charge in [0.2, 0.25) is 21.8 Å². The number of nitrogens with one attached hydrogen (secondary N) is 1. The summed E-state index contributed by atoms with van der Waals surface area (Å²) in [5, 5.41) is 2.75. The third-order valence-electron chi connectivity index (χ3n) is 6.24. The zero-order chi connectivity index (χ0) is 22.7. The molecule has 2 aromatic rings. The first-order valence-electron chi connectivity index (χ1n) is 11.1.